The Bertz CT molecular complexity index is 1100. The number of imide groups is 1. The first-order valence-electron chi connectivity index (χ1n) is 10.2. The summed E-state index contributed by atoms with van der Waals surface area (Å²) < 4.78 is 0. The minimum atomic E-state index is -0.199. The minimum Gasteiger partial charge on any atom is -0.399 e. The zero-order valence-corrected chi connectivity index (χ0v) is 16.2. The number of fused-ring (bicyclic) bond motifs is 2. The monoisotopic (exact) mass is 388 g/mol. The van der Waals surface area contributed by atoms with Gasteiger partial charge in [-0.1, -0.05) is 18.2 Å². The van der Waals surface area contributed by atoms with Crippen molar-refractivity contribution in [3.8, 4) is 0 Å². The lowest BCUT2D eigenvalue weighted by Crippen LogP contribution is -2.47. The number of aromatic amines is 1. The third kappa shape index (κ3) is 3.09. The first-order valence-corrected chi connectivity index (χ1v) is 10.2. The fourth-order valence-electron chi connectivity index (χ4n) is 4.63. The van der Waals surface area contributed by atoms with Gasteiger partial charge in [0.15, 0.2) is 0 Å². The molecule has 3 aromatic rings. The molecule has 3 N–H and O–H groups in total. The van der Waals surface area contributed by atoms with Crippen molar-refractivity contribution in [2.24, 2.45) is 0 Å². The molecule has 2 aliphatic rings. The fourth-order valence-corrected chi connectivity index (χ4v) is 4.63. The van der Waals surface area contributed by atoms with Gasteiger partial charge in [0.1, 0.15) is 0 Å². The summed E-state index contributed by atoms with van der Waals surface area (Å²) in [6, 6.07) is 13.3. The Kier molecular flexibility index (Phi) is 4.36. The van der Waals surface area contributed by atoms with Gasteiger partial charge in [0.25, 0.3) is 11.8 Å². The predicted octanol–water partition coefficient (Wildman–Crippen LogP) is 3.05. The highest BCUT2D eigenvalue weighted by molar-refractivity contribution is 6.21. The predicted molar refractivity (Wildman–Crippen MR) is 113 cm³/mol. The van der Waals surface area contributed by atoms with Gasteiger partial charge in [-0.05, 0) is 49.1 Å². The number of carbonyl (C=O) groups is 2. The Hall–Kier alpha value is -3.12. The molecule has 5 rings (SSSR count). The van der Waals surface area contributed by atoms with E-state index in [9.17, 15) is 9.59 Å². The molecule has 6 heteroatoms. The van der Waals surface area contributed by atoms with Crippen LogP contribution in [0.2, 0.25) is 0 Å². The molecule has 29 heavy (non-hydrogen) atoms. The second-order valence-corrected chi connectivity index (χ2v) is 7.97. The Labute approximate surface area is 169 Å². The molecule has 1 fully saturated rings. The lowest BCUT2D eigenvalue weighted by Gasteiger charge is -2.35. The summed E-state index contributed by atoms with van der Waals surface area (Å²) in [5.41, 5.74) is 9.74. The minimum absolute atomic E-state index is 0.0343. The molecular formula is C23H24N4O2. The largest absolute Gasteiger partial charge is 0.399 e. The number of carbonyl (C=O) groups excluding carboxylic acids is 2. The highest BCUT2D eigenvalue weighted by atomic mass is 16.2. The van der Waals surface area contributed by atoms with E-state index in [0.717, 1.165) is 38.9 Å². The molecule has 0 atom stereocenters. The Balaban J connectivity index is 1.21. The quantitative estimate of drug-likeness (QED) is 0.532. The van der Waals surface area contributed by atoms with Gasteiger partial charge >= 0.3 is 0 Å². The SMILES string of the molecule is Nc1ccc2c(c1)C(=O)N(C1CCN(CCc3c[nH]c4ccccc34)CC1)C2=O. The van der Waals surface area contributed by atoms with E-state index >= 15 is 0 Å². The van der Waals surface area contributed by atoms with E-state index in [0.29, 0.717) is 16.8 Å². The van der Waals surface area contributed by atoms with E-state index in [4.69, 9.17) is 5.73 Å². The maximum Gasteiger partial charge on any atom is 0.261 e. The number of piperidine rings is 1. The third-order valence-electron chi connectivity index (χ3n) is 6.24. The number of para-hydroxylation sites is 1. The van der Waals surface area contributed by atoms with Crippen LogP contribution in [0, 0.1) is 0 Å². The van der Waals surface area contributed by atoms with Crippen LogP contribution in [-0.2, 0) is 6.42 Å². The molecule has 0 saturated carbocycles. The normalized spacial score (nSPS) is 18.0. The topological polar surface area (TPSA) is 82.4 Å². The zero-order valence-electron chi connectivity index (χ0n) is 16.2. The van der Waals surface area contributed by atoms with Gasteiger partial charge in [-0.15, -0.1) is 0 Å². The summed E-state index contributed by atoms with van der Waals surface area (Å²) in [4.78, 5) is 32.7. The lowest BCUT2D eigenvalue weighted by atomic mass is 10.0. The number of anilines is 1. The molecule has 1 saturated heterocycles. The van der Waals surface area contributed by atoms with Crippen molar-refractivity contribution in [2.45, 2.75) is 25.3 Å². The number of nitrogens with one attached hydrogen (secondary N) is 1. The molecule has 2 aromatic carbocycles. The van der Waals surface area contributed by atoms with Crippen LogP contribution in [0.25, 0.3) is 10.9 Å². The number of aromatic nitrogens is 1. The van der Waals surface area contributed by atoms with Gasteiger partial charge in [-0.3, -0.25) is 14.5 Å². The number of nitrogens with two attached hydrogens (primary N) is 1. The zero-order chi connectivity index (χ0) is 20.0. The van der Waals surface area contributed by atoms with Gasteiger partial charge < -0.3 is 15.6 Å². The number of nitrogens with zero attached hydrogens (tertiary/aromatic N) is 2. The number of amides is 2. The molecule has 6 nitrogen and oxygen atoms in total. The van der Waals surface area contributed by atoms with Crippen LogP contribution in [0.4, 0.5) is 5.69 Å². The van der Waals surface area contributed by atoms with Crippen LogP contribution in [0.1, 0.15) is 39.1 Å². The Morgan fingerprint density at radius 1 is 1.00 bits per heavy atom. The second kappa shape index (κ2) is 7.04. The summed E-state index contributed by atoms with van der Waals surface area (Å²) in [7, 11) is 0. The molecule has 0 aliphatic carbocycles. The first kappa shape index (κ1) is 17.9. The van der Waals surface area contributed by atoms with Crippen molar-refractivity contribution in [3.05, 3.63) is 65.4 Å². The maximum absolute atomic E-state index is 12.8. The smallest absolute Gasteiger partial charge is 0.261 e. The van der Waals surface area contributed by atoms with Crippen molar-refractivity contribution in [1.82, 2.24) is 14.8 Å². The van der Waals surface area contributed by atoms with Crippen molar-refractivity contribution in [1.29, 1.82) is 0 Å². The number of likely N-dealkylation sites (tertiary alicyclic amines) is 1. The molecule has 2 aliphatic heterocycles. The van der Waals surface area contributed by atoms with E-state index in [2.05, 4.69) is 34.3 Å². The Morgan fingerprint density at radius 2 is 1.76 bits per heavy atom. The van der Waals surface area contributed by atoms with E-state index in [1.807, 2.05) is 6.07 Å². The summed E-state index contributed by atoms with van der Waals surface area (Å²) >= 11 is 0. The van der Waals surface area contributed by atoms with Crippen LogP contribution in [0.3, 0.4) is 0 Å². The van der Waals surface area contributed by atoms with Crippen molar-refractivity contribution in [2.75, 3.05) is 25.4 Å². The number of benzene rings is 2. The van der Waals surface area contributed by atoms with Crippen molar-refractivity contribution < 1.29 is 9.59 Å². The van der Waals surface area contributed by atoms with Gasteiger partial charge in [0.05, 0.1) is 11.1 Å². The summed E-state index contributed by atoms with van der Waals surface area (Å²) in [6.45, 7) is 2.76. The van der Waals surface area contributed by atoms with Gasteiger partial charge in [0, 0.05) is 48.5 Å². The number of H-pyrrole nitrogens is 1. The van der Waals surface area contributed by atoms with Crippen LogP contribution < -0.4 is 5.73 Å². The van der Waals surface area contributed by atoms with Gasteiger partial charge in [-0.25, -0.2) is 0 Å². The molecule has 3 heterocycles. The molecule has 2 amide bonds. The second-order valence-electron chi connectivity index (χ2n) is 7.97. The van der Waals surface area contributed by atoms with Crippen LogP contribution in [0.15, 0.2) is 48.7 Å². The summed E-state index contributed by atoms with van der Waals surface area (Å²) in [6.07, 6.45) is 4.71. The van der Waals surface area contributed by atoms with Gasteiger partial charge in [-0.2, -0.15) is 0 Å². The number of hydrogen-bond acceptors (Lipinski definition) is 4. The third-order valence-corrected chi connectivity index (χ3v) is 6.24. The standard InChI is InChI=1S/C23H24N4O2/c24-16-5-6-19-20(13-16)23(29)27(22(19)28)17-8-11-26(12-9-17)10-7-15-14-25-21-4-2-1-3-18(15)21/h1-6,13-14,17,25H,7-12,24H2. The molecule has 148 valence electrons. The first-order chi connectivity index (χ1) is 14.1. The molecule has 0 spiro atoms. The van der Waals surface area contributed by atoms with E-state index in [-0.39, 0.29) is 17.9 Å². The van der Waals surface area contributed by atoms with E-state index in [1.54, 1.807) is 18.2 Å². The lowest BCUT2D eigenvalue weighted by molar-refractivity contribution is 0.0504. The summed E-state index contributed by atoms with van der Waals surface area (Å²) in [5.74, 6) is -0.378. The number of nitrogen functional groups attached to an aromatic ring is 1. The molecule has 0 radical (unpaired) electrons. The van der Waals surface area contributed by atoms with E-state index in [1.165, 1.54) is 21.4 Å². The van der Waals surface area contributed by atoms with Crippen molar-refractivity contribution in [3.63, 3.8) is 0 Å². The molecule has 1 aromatic heterocycles. The van der Waals surface area contributed by atoms with Gasteiger partial charge in [0.2, 0.25) is 0 Å². The highest BCUT2D eigenvalue weighted by Crippen LogP contribution is 2.30. The van der Waals surface area contributed by atoms with Crippen LogP contribution in [0.5, 0.6) is 0 Å². The molecular weight excluding hydrogens is 364 g/mol. The van der Waals surface area contributed by atoms with E-state index < -0.39 is 0 Å². The molecule has 0 bridgehead atoms. The molecule has 0 unspecified atom stereocenters. The van der Waals surface area contributed by atoms with Crippen LogP contribution in [-0.4, -0.2) is 52.3 Å². The Morgan fingerprint density at radius 3 is 2.59 bits per heavy atom. The average molecular weight is 388 g/mol. The summed E-state index contributed by atoms with van der Waals surface area (Å²) in [5, 5.41) is 1.28. The average Bonchev–Trinajstić information content (AvgIpc) is 3.26. The van der Waals surface area contributed by atoms with Crippen LogP contribution >= 0.6 is 0 Å². The fraction of sp³-hybridized carbons (Fsp3) is 0.304. The number of rotatable bonds is 4. The maximum atomic E-state index is 12.8. The highest BCUT2D eigenvalue weighted by Gasteiger charge is 2.40. The van der Waals surface area contributed by atoms with Crippen molar-refractivity contribution >= 4 is 28.4 Å². The number of hydrogen-bond donors (Lipinski definition) is 2.